The molecule has 3 aromatic rings. The number of halogens is 3. The van der Waals surface area contributed by atoms with Crippen molar-refractivity contribution in [1.82, 2.24) is 5.32 Å². The average Bonchev–Trinajstić information content (AvgIpc) is 2.74. The predicted octanol–water partition coefficient (Wildman–Crippen LogP) is 5.93. The van der Waals surface area contributed by atoms with E-state index in [1.54, 1.807) is 36.4 Å². The van der Waals surface area contributed by atoms with Crippen LogP contribution in [-0.4, -0.2) is 13.2 Å². The zero-order valence-corrected chi connectivity index (χ0v) is 17.5. The summed E-state index contributed by atoms with van der Waals surface area (Å²) in [4.78, 5) is 0. The molecule has 6 heteroatoms. The molecular weight excluding hydrogens is 408 g/mol. The van der Waals surface area contributed by atoms with E-state index in [1.807, 2.05) is 19.1 Å². The summed E-state index contributed by atoms with van der Waals surface area (Å²) in [5.74, 6) is 0.480. The molecule has 0 aliphatic carbocycles. The van der Waals surface area contributed by atoms with Crippen molar-refractivity contribution >= 4 is 11.6 Å². The highest BCUT2D eigenvalue weighted by molar-refractivity contribution is 6.31. The minimum absolute atomic E-state index is 0.0727. The van der Waals surface area contributed by atoms with E-state index in [9.17, 15) is 8.78 Å². The van der Waals surface area contributed by atoms with Crippen LogP contribution in [-0.2, 0) is 19.6 Å². The van der Waals surface area contributed by atoms with Gasteiger partial charge in [-0.1, -0.05) is 48.0 Å². The second kappa shape index (κ2) is 11.0. The monoisotopic (exact) mass is 431 g/mol. The van der Waals surface area contributed by atoms with E-state index in [4.69, 9.17) is 21.1 Å². The van der Waals surface area contributed by atoms with E-state index < -0.39 is 0 Å². The molecule has 0 aliphatic rings. The Kier molecular flexibility index (Phi) is 8.05. The molecule has 0 fully saturated rings. The number of ether oxygens (including phenoxy) is 2. The molecule has 0 saturated carbocycles. The molecule has 158 valence electrons. The van der Waals surface area contributed by atoms with Gasteiger partial charge in [-0.15, -0.1) is 0 Å². The number of rotatable bonds is 10. The fraction of sp³-hybridized carbons (Fsp3) is 0.250. The fourth-order valence-electron chi connectivity index (χ4n) is 3.01. The molecule has 0 amide bonds. The number of hydrogen-bond donors (Lipinski definition) is 1. The molecule has 3 rings (SSSR count). The molecule has 0 bridgehead atoms. The molecule has 0 radical (unpaired) electrons. The Bertz CT molecular complexity index is 981. The van der Waals surface area contributed by atoms with Crippen LogP contribution in [0.25, 0.3) is 0 Å². The molecule has 3 nitrogen and oxygen atoms in total. The molecule has 0 spiro atoms. The van der Waals surface area contributed by atoms with Crippen LogP contribution in [0.1, 0.15) is 23.6 Å². The fourth-order valence-corrected chi connectivity index (χ4v) is 3.23. The Hall–Kier alpha value is -2.63. The van der Waals surface area contributed by atoms with E-state index in [2.05, 4.69) is 5.32 Å². The molecule has 0 saturated heterocycles. The molecule has 0 atom stereocenters. The summed E-state index contributed by atoms with van der Waals surface area (Å²) in [7, 11) is 0. The maximum atomic E-state index is 13.8. The average molecular weight is 432 g/mol. The summed E-state index contributed by atoms with van der Waals surface area (Å²) in [5.41, 5.74) is 1.96. The largest absolute Gasteiger partial charge is 0.490 e. The SMILES string of the molecule is CCOc1cc(CNCCc2ccccc2F)c(Cl)cc1OCc1ccccc1F. The second-order valence-corrected chi connectivity index (χ2v) is 7.13. The highest BCUT2D eigenvalue weighted by Crippen LogP contribution is 2.34. The molecule has 0 aromatic heterocycles. The van der Waals surface area contributed by atoms with Gasteiger partial charge in [-0.25, -0.2) is 8.78 Å². The lowest BCUT2D eigenvalue weighted by atomic mass is 10.1. The minimum atomic E-state index is -0.322. The smallest absolute Gasteiger partial charge is 0.163 e. The Morgan fingerprint density at radius 2 is 1.47 bits per heavy atom. The van der Waals surface area contributed by atoms with Gasteiger partial charge >= 0.3 is 0 Å². The van der Waals surface area contributed by atoms with E-state index in [0.717, 1.165) is 5.56 Å². The third-order valence-electron chi connectivity index (χ3n) is 4.60. The van der Waals surface area contributed by atoms with Gasteiger partial charge in [-0.05, 0) is 49.2 Å². The third kappa shape index (κ3) is 5.94. The van der Waals surface area contributed by atoms with Gasteiger partial charge in [0.25, 0.3) is 0 Å². The maximum absolute atomic E-state index is 13.8. The zero-order valence-electron chi connectivity index (χ0n) is 16.8. The van der Waals surface area contributed by atoms with Gasteiger partial charge in [0.15, 0.2) is 11.5 Å². The first-order chi connectivity index (χ1) is 14.6. The number of benzene rings is 3. The normalized spacial score (nSPS) is 10.8. The zero-order chi connectivity index (χ0) is 21.3. The van der Waals surface area contributed by atoms with Crippen LogP contribution < -0.4 is 14.8 Å². The van der Waals surface area contributed by atoms with E-state index >= 15 is 0 Å². The van der Waals surface area contributed by atoms with E-state index in [1.165, 1.54) is 12.1 Å². The highest BCUT2D eigenvalue weighted by atomic mass is 35.5. The van der Waals surface area contributed by atoms with Crippen LogP contribution in [0.5, 0.6) is 11.5 Å². The van der Waals surface area contributed by atoms with Crippen molar-refractivity contribution in [2.24, 2.45) is 0 Å². The first-order valence-corrected chi connectivity index (χ1v) is 10.2. The van der Waals surface area contributed by atoms with Crippen LogP contribution in [0.3, 0.4) is 0 Å². The van der Waals surface area contributed by atoms with Gasteiger partial charge in [0.05, 0.1) is 6.61 Å². The van der Waals surface area contributed by atoms with Gasteiger partial charge in [0.2, 0.25) is 0 Å². The molecule has 0 heterocycles. The Labute approximate surface area is 180 Å². The minimum Gasteiger partial charge on any atom is -0.490 e. The molecular formula is C24H24ClF2NO2. The van der Waals surface area contributed by atoms with Crippen molar-refractivity contribution in [2.45, 2.75) is 26.5 Å². The summed E-state index contributed by atoms with van der Waals surface area (Å²) in [6.07, 6.45) is 0.576. The van der Waals surface area contributed by atoms with E-state index in [-0.39, 0.29) is 18.2 Å². The lowest BCUT2D eigenvalue weighted by Crippen LogP contribution is -2.17. The van der Waals surface area contributed by atoms with Crippen molar-refractivity contribution in [2.75, 3.05) is 13.2 Å². The topological polar surface area (TPSA) is 30.5 Å². The summed E-state index contributed by atoms with van der Waals surface area (Å²) < 4.78 is 39.0. The third-order valence-corrected chi connectivity index (χ3v) is 4.95. The first kappa shape index (κ1) is 22.1. The van der Waals surface area contributed by atoms with Crippen molar-refractivity contribution in [3.8, 4) is 11.5 Å². The summed E-state index contributed by atoms with van der Waals surface area (Å²) in [6.45, 7) is 3.51. The Balaban J connectivity index is 1.63. The van der Waals surface area contributed by atoms with Crippen LogP contribution in [0, 0.1) is 11.6 Å². The Morgan fingerprint density at radius 1 is 0.833 bits per heavy atom. The maximum Gasteiger partial charge on any atom is 0.163 e. The van der Waals surface area contributed by atoms with Crippen LogP contribution in [0.15, 0.2) is 60.7 Å². The quantitative estimate of drug-likeness (QED) is 0.404. The number of hydrogen-bond acceptors (Lipinski definition) is 3. The van der Waals surface area contributed by atoms with Gasteiger partial charge in [0, 0.05) is 23.2 Å². The van der Waals surface area contributed by atoms with Gasteiger partial charge < -0.3 is 14.8 Å². The predicted molar refractivity (Wildman–Crippen MR) is 115 cm³/mol. The molecule has 0 aliphatic heterocycles. The molecule has 0 unspecified atom stereocenters. The van der Waals surface area contributed by atoms with Gasteiger partial charge in [0.1, 0.15) is 18.2 Å². The number of nitrogens with one attached hydrogen (secondary N) is 1. The Morgan fingerprint density at radius 3 is 2.13 bits per heavy atom. The first-order valence-electron chi connectivity index (χ1n) is 9.84. The van der Waals surface area contributed by atoms with Gasteiger partial charge in [-0.2, -0.15) is 0 Å². The molecule has 1 N–H and O–H groups in total. The van der Waals surface area contributed by atoms with E-state index in [0.29, 0.717) is 53.8 Å². The van der Waals surface area contributed by atoms with Crippen molar-refractivity contribution in [3.05, 3.63) is 94.0 Å². The highest BCUT2D eigenvalue weighted by Gasteiger charge is 2.12. The summed E-state index contributed by atoms with van der Waals surface area (Å²) in [5, 5.41) is 3.79. The lowest BCUT2D eigenvalue weighted by Gasteiger charge is -2.15. The standard InChI is InChI=1S/C24H24ClF2NO2/c1-2-29-23-13-19(15-28-12-11-17-7-3-5-9-21(17)26)20(25)14-24(23)30-16-18-8-4-6-10-22(18)27/h3-10,13-14,28H,2,11-12,15-16H2,1H3. The molecule has 30 heavy (non-hydrogen) atoms. The van der Waals surface area contributed by atoms with Crippen molar-refractivity contribution in [3.63, 3.8) is 0 Å². The lowest BCUT2D eigenvalue weighted by molar-refractivity contribution is 0.265. The summed E-state index contributed by atoms with van der Waals surface area (Å²) in [6, 6.07) is 16.7. The van der Waals surface area contributed by atoms with Crippen LogP contribution in [0.4, 0.5) is 8.78 Å². The summed E-state index contributed by atoms with van der Waals surface area (Å²) >= 11 is 6.43. The van der Waals surface area contributed by atoms with Crippen molar-refractivity contribution < 1.29 is 18.3 Å². The van der Waals surface area contributed by atoms with Gasteiger partial charge in [-0.3, -0.25) is 0 Å². The molecule has 3 aromatic carbocycles. The van der Waals surface area contributed by atoms with Crippen molar-refractivity contribution in [1.29, 1.82) is 0 Å². The van der Waals surface area contributed by atoms with Crippen LogP contribution >= 0.6 is 11.6 Å². The van der Waals surface area contributed by atoms with Crippen LogP contribution in [0.2, 0.25) is 5.02 Å². The second-order valence-electron chi connectivity index (χ2n) is 6.72.